The minimum absolute atomic E-state index is 0.304. The molecule has 1 aliphatic heterocycles. The summed E-state index contributed by atoms with van der Waals surface area (Å²) in [4.78, 5) is 0. The number of piperidine rings is 1. The first-order valence-electron chi connectivity index (χ1n) is 6.83. The van der Waals surface area contributed by atoms with Gasteiger partial charge in [-0.1, -0.05) is 13.3 Å². The summed E-state index contributed by atoms with van der Waals surface area (Å²) in [6.07, 6.45) is 3.88. The van der Waals surface area contributed by atoms with Crippen molar-refractivity contribution < 1.29 is 4.74 Å². The molecule has 0 radical (unpaired) electrons. The zero-order chi connectivity index (χ0) is 12.8. The van der Waals surface area contributed by atoms with E-state index in [-0.39, 0.29) is 0 Å². The minimum atomic E-state index is 0.304. The Hall–Kier alpha value is -0.160. The van der Waals surface area contributed by atoms with Crippen LogP contribution in [-0.4, -0.2) is 43.4 Å². The fourth-order valence-corrected chi connectivity index (χ4v) is 2.66. The third-order valence-corrected chi connectivity index (χ3v) is 3.88. The van der Waals surface area contributed by atoms with E-state index in [1.165, 1.54) is 19.3 Å². The predicted octanol–water partition coefficient (Wildman–Crippen LogP) is 1.36. The molecule has 1 saturated heterocycles. The van der Waals surface area contributed by atoms with Gasteiger partial charge in [0, 0.05) is 31.8 Å². The molecule has 0 aromatic rings. The van der Waals surface area contributed by atoms with Crippen molar-refractivity contribution in [1.29, 1.82) is 0 Å². The van der Waals surface area contributed by atoms with E-state index in [9.17, 15) is 0 Å². The molecule has 4 atom stereocenters. The standard InChI is InChI=1S/C13H29N3O/c1-10(9-17-4)13(8-14)15-16-11(2)6-5-7-12(16)3/h10-13,15H,5-9,14H2,1-4H3. The van der Waals surface area contributed by atoms with Crippen LogP contribution < -0.4 is 11.2 Å². The number of ether oxygens (including phenoxy) is 1. The Morgan fingerprint density at radius 2 is 1.94 bits per heavy atom. The van der Waals surface area contributed by atoms with E-state index in [4.69, 9.17) is 10.5 Å². The molecule has 4 unspecified atom stereocenters. The lowest BCUT2D eigenvalue weighted by Crippen LogP contribution is -2.59. The Morgan fingerprint density at radius 1 is 1.35 bits per heavy atom. The molecule has 102 valence electrons. The summed E-state index contributed by atoms with van der Waals surface area (Å²) in [6.45, 7) is 8.17. The maximum absolute atomic E-state index is 5.87. The average molecular weight is 243 g/mol. The van der Waals surface area contributed by atoms with Gasteiger partial charge in [0.1, 0.15) is 0 Å². The second-order valence-corrected chi connectivity index (χ2v) is 5.44. The molecule has 1 heterocycles. The van der Waals surface area contributed by atoms with Crippen LogP contribution >= 0.6 is 0 Å². The van der Waals surface area contributed by atoms with Gasteiger partial charge in [-0.05, 0) is 32.6 Å². The molecule has 1 rings (SSSR count). The summed E-state index contributed by atoms with van der Waals surface area (Å²) in [7, 11) is 1.75. The summed E-state index contributed by atoms with van der Waals surface area (Å²) in [6, 6.07) is 1.50. The van der Waals surface area contributed by atoms with Crippen molar-refractivity contribution >= 4 is 0 Å². The Bertz CT molecular complexity index is 203. The number of nitrogens with zero attached hydrogens (tertiary/aromatic N) is 1. The smallest absolute Gasteiger partial charge is 0.0503 e. The highest BCUT2D eigenvalue weighted by molar-refractivity contribution is 4.81. The monoisotopic (exact) mass is 243 g/mol. The van der Waals surface area contributed by atoms with Crippen molar-refractivity contribution in [2.24, 2.45) is 11.7 Å². The number of hydrogen-bond acceptors (Lipinski definition) is 4. The van der Waals surface area contributed by atoms with Crippen molar-refractivity contribution in [2.45, 2.75) is 58.2 Å². The molecule has 4 heteroatoms. The number of hydrogen-bond donors (Lipinski definition) is 2. The maximum atomic E-state index is 5.87. The number of nitrogens with one attached hydrogen (secondary N) is 1. The quantitative estimate of drug-likeness (QED) is 0.740. The molecule has 3 N–H and O–H groups in total. The lowest BCUT2D eigenvalue weighted by molar-refractivity contribution is 0.0124. The van der Waals surface area contributed by atoms with Crippen LogP contribution in [-0.2, 0) is 4.74 Å². The third kappa shape index (κ3) is 4.21. The van der Waals surface area contributed by atoms with Crippen molar-refractivity contribution in [3.05, 3.63) is 0 Å². The van der Waals surface area contributed by atoms with E-state index in [0.29, 0.717) is 30.6 Å². The van der Waals surface area contributed by atoms with Crippen LogP contribution in [0.15, 0.2) is 0 Å². The maximum Gasteiger partial charge on any atom is 0.0503 e. The summed E-state index contributed by atoms with van der Waals surface area (Å²) in [5.74, 6) is 0.436. The number of methoxy groups -OCH3 is 1. The summed E-state index contributed by atoms with van der Waals surface area (Å²) < 4.78 is 5.22. The largest absolute Gasteiger partial charge is 0.384 e. The molecule has 1 fully saturated rings. The highest BCUT2D eigenvalue weighted by Gasteiger charge is 2.28. The van der Waals surface area contributed by atoms with E-state index < -0.39 is 0 Å². The van der Waals surface area contributed by atoms with Gasteiger partial charge in [0.2, 0.25) is 0 Å². The van der Waals surface area contributed by atoms with E-state index in [2.05, 4.69) is 31.2 Å². The van der Waals surface area contributed by atoms with Crippen LogP contribution in [0.5, 0.6) is 0 Å². The first-order valence-corrected chi connectivity index (χ1v) is 6.83. The zero-order valence-electron chi connectivity index (χ0n) is 11.8. The van der Waals surface area contributed by atoms with Crippen molar-refractivity contribution in [3.63, 3.8) is 0 Å². The van der Waals surface area contributed by atoms with Gasteiger partial charge >= 0.3 is 0 Å². The number of nitrogens with two attached hydrogens (primary N) is 1. The SMILES string of the molecule is COCC(C)C(CN)NN1C(C)CCCC1C. The highest BCUT2D eigenvalue weighted by atomic mass is 16.5. The second kappa shape index (κ2) is 7.31. The van der Waals surface area contributed by atoms with Crippen LogP contribution in [0.3, 0.4) is 0 Å². The molecular formula is C13H29N3O. The topological polar surface area (TPSA) is 50.5 Å². The molecule has 0 bridgehead atoms. The number of rotatable bonds is 6. The Labute approximate surface area is 106 Å². The van der Waals surface area contributed by atoms with Crippen LogP contribution in [0.2, 0.25) is 0 Å². The first-order chi connectivity index (χ1) is 8.10. The first kappa shape index (κ1) is 14.9. The van der Waals surface area contributed by atoms with Gasteiger partial charge in [-0.3, -0.25) is 0 Å². The summed E-state index contributed by atoms with van der Waals surface area (Å²) >= 11 is 0. The van der Waals surface area contributed by atoms with E-state index in [0.717, 1.165) is 6.61 Å². The summed E-state index contributed by atoms with van der Waals surface area (Å²) in [5, 5.41) is 2.40. The van der Waals surface area contributed by atoms with Gasteiger partial charge in [-0.25, -0.2) is 10.4 Å². The Morgan fingerprint density at radius 3 is 2.41 bits per heavy atom. The molecule has 1 aliphatic rings. The van der Waals surface area contributed by atoms with Crippen LogP contribution in [0.1, 0.15) is 40.0 Å². The second-order valence-electron chi connectivity index (χ2n) is 5.44. The van der Waals surface area contributed by atoms with Gasteiger partial charge in [0.15, 0.2) is 0 Å². The van der Waals surface area contributed by atoms with Gasteiger partial charge < -0.3 is 10.5 Å². The molecular weight excluding hydrogens is 214 g/mol. The van der Waals surface area contributed by atoms with Gasteiger partial charge in [0.25, 0.3) is 0 Å². The average Bonchev–Trinajstić information content (AvgIpc) is 2.29. The normalized spacial score (nSPS) is 30.2. The Kier molecular flexibility index (Phi) is 6.41. The van der Waals surface area contributed by atoms with Gasteiger partial charge in [-0.15, -0.1) is 0 Å². The minimum Gasteiger partial charge on any atom is -0.384 e. The van der Waals surface area contributed by atoms with E-state index in [1.54, 1.807) is 7.11 Å². The zero-order valence-corrected chi connectivity index (χ0v) is 11.8. The molecule has 0 aromatic carbocycles. The van der Waals surface area contributed by atoms with Crippen LogP contribution in [0.25, 0.3) is 0 Å². The molecule has 0 aliphatic carbocycles. The molecule has 0 aromatic heterocycles. The van der Waals surface area contributed by atoms with E-state index >= 15 is 0 Å². The molecule has 0 spiro atoms. The van der Waals surface area contributed by atoms with E-state index in [1.807, 2.05) is 0 Å². The predicted molar refractivity (Wildman–Crippen MR) is 71.6 cm³/mol. The lowest BCUT2D eigenvalue weighted by Gasteiger charge is -2.42. The van der Waals surface area contributed by atoms with Crippen molar-refractivity contribution in [3.8, 4) is 0 Å². The fraction of sp³-hybridized carbons (Fsp3) is 1.00. The van der Waals surface area contributed by atoms with Crippen molar-refractivity contribution in [1.82, 2.24) is 10.4 Å². The van der Waals surface area contributed by atoms with Gasteiger partial charge in [0.05, 0.1) is 6.61 Å². The molecule has 4 nitrogen and oxygen atoms in total. The third-order valence-electron chi connectivity index (χ3n) is 3.88. The summed E-state index contributed by atoms with van der Waals surface area (Å²) in [5.41, 5.74) is 9.49. The Balaban J connectivity index is 2.53. The number of hydrazine groups is 1. The van der Waals surface area contributed by atoms with Crippen LogP contribution in [0.4, 0.5) is 0 Å². The molecule has 17 heavy (non-hydrogen) atoms. The highest BCUT2D eigenvalue weighted by Crippen LogP contribution is 2.21. The van der Waals surface area contributed by atoms with Crippen molar-refractivity contribution in [2.75, 3.05) is 20.3 Å². The lowest BCUT2D eigenvalue weighted by atomic mass is 9.98. The molecule has 0 saturated carbocycles. The van der Waals surface area contributed by atoms with Crippen LogP contribution in [0, 0.1) is 5.92 Å². The van der Waals surface area contributed by atoms with Gasteiger partial charge in [-0.2, -0.15) is 0 Å². The fourth-order valence-electron chi connectivity index (χ4n) is 2.66. The molecule has 0 amide bonds.